The Bertz CT molecular complexity index is 710. The van der Waals surface area contributed by atoms with Crippen LogP contribution in [0.2, 0.25) is 0 Å². The Morgan fingerprint density at radius 2 is 1.90 bits per heavy atom. The highest BCUT2D eigenvalue weighted by Gasteiger charge is 2.23. The summed E-state index contributed by atoms with van der Waals surface area (Å²) in [6, 6.07) is 7.48. The SMILES string of the molecule is CNCc1n[nH]c(C)c1S(=O)(=O)NCc1ccc(Br)cc1. The Labute approximate surface area is 132 Å². The number of rotatable bonds is 6. The summed E-state index contributed by atoms with van der Waals surface area (Å²) in [5.74, 6) is 0. The van der Waals surface area contributed by atoms with Gasteiger partial charge in [-0.3, -0.25) is 5.10 Å². The van der Waals surface area contributed by atoms with Crippen LogP contribution in [0.25, 0.3) is 0 Å². The average Bonchev–Trinajstić information content (AvgIpc) is 2.80. The molecular formula is C13H17BrN4O2S. The van der Waals surface area contributed by atoms with Crippen molar-refractivity contribution in [3.8, 4) is 0 Å². The van der Waals surface area contributed by atoms with Crippen LogP contribution in [0.4, 0.5) is 0 Å². The Hall–Kier alpha value is -1.22. The summed E-state index contributed by atoms with van der Waals surface area (Å²) >= 11 is 3.35. The smallest absolute Gasteiger partial charge is 0.244 e. The largest absolute Gasteiger partial charge is 0.314 e. The van der Waals surface area contributed by atoms with Crippen molar-refractivity contribution in [2.75, 3.05) is 7.05 Å². The van der Waals surface area contributed by atoms with Crippen LogP contribution >= 0.6 is 15.9 Å². The van der Waals surface area contributed by atoms with Crippen LogP contribution in [-0.2, 0) is 23.1 Å². The van der Waals surface area contributed by atoms with Crippen molar-refractivity contribution in [3.05, 3.63) is 45.7 Å². The maximum absolute atomic E-state index is 12.4. The van der Waals surface area contributed by atoms with Crippen molar-refractivity contribution in [3.63, 3.8) is 0 Å². The van der Waals surface area contributed by atoms with Gasteiger partial charge in [-0.05, 0) is 31.7 Å². The molecule has 6 nitrogen and oxygen atoms in total. The van der Waals surface area contributed by atoms with Crippen molar-refractivity contribution in [2.24, 2.45) is 0 Å². The fourth-order valence-electron chi connectivity index (χ4n) is 1.97. The third kappa shape index (κ3) is 3.91. The van der Waals surface area contributed by atoms with Gasteiger partial charge >= 0.3 is 0 Å². The summed E-state index contributed by atoms with van der Waals surface area (Å²) < 4.78 is 28.4. The highest BCUT2D eigenvalue weighted by Crippen LogP contribution is 2.18. The Balaban J connectivity index is 2.18. The second-order valence-corrected chi connectivity index (χ2v) is 7.23. The van der Waals surface area contributed by atoms with Gasteiger partial charge in [-0.25, -0.2) is 13.1 Å². The first-order valence-corrected chi connectivity index (χ1v) is 8.64. The molecule has 2 rings (SSSR count). The normalized spacial score (nSPS) is 11.8. The lowest BCUT2D eigenvalue weighted by Crippen LogP contribution is -2.25. The fourth-order valence-corrected chi connectivity index (χ4v) is 3.61. The topological polar surface area (TPSA) is 86.9 Å². The minimum absolute atomic E-state index is 0.217. The Morgan fingerprint density at radius 3 is 2.52 bits per heavy atom. The summed E-state index contributed by atoms with van der Waals surface area (Å²) in [5.41, 5.74) is 1.90. The third-order valence-electron chi connectivity index (χ3n) is 2.95. The highest BCUT2D eigenvalue weighted by molar-refractivity contribution is 9.10. The van der Waals surface area contributed by atoms with Crippen LogP contribution in [0.3, 0.4) is 0 Å². The molecule has 2 aromatic rings. The van der Waals surface area contributed by atoms with Gasteiger partial charge < -0.3 is 5.32 Å². The first-order chi connectivity index (χ1) is 9.94. The van der Waals surface area contributed by atoms with E-state index in [1.807, 2.05) is 24.3 Å². The standard InChI is InChI=1S/C13H17BrN4O2S/c1-9-13(12(8-15-2)18-17-9)21(19,20)16-7-10-3-5-11(14)6-4-10/h3-6,15-16H,7-8H2,1-2H3,(H,17,18). The number of hydrogen-bond acceptors (Lipinski definition) is 4. The van der Waals surface area contributed by atoms with Gasteiger partial charge in [-0.1, -0.05) is 28.1 Å². The molecule has 1 aromatic heterocycles. The van der Waals surface area contributed by atoms with E-state index in [0.29, 0.717) is 17.9 Å². The van der Waals surface area contributed by atoms with E-state index in [4.69, 9.17) is 0 Å². The molecule has 0 bridgehead atoms. The van der Waals surface area contributed by atoms with E-state index < -0.39 is 10.0 Å². The van der Waals surface area contributed by atoms with Crippen LogP contribution < -0.4 is 10.0 Å². The molecule has 0 radical (unpaired) electrons. The first kappa shape index (κ1) is 16.2. The van der Waals surface area contributed by atoms with Crippen molar-refractivity contribution in [1.82, 2.24) is 20.2 Å². The van der Waals surface area contributed by atoms with Gasteiger partial charge in [0.05, 0.1) is 11.4 Å². The van der Waals surface area contributed by atoms with Gasteiger partial charge in [-0.2, -0.15) is 5.10 Å². The summed E-state index contributed by atoms with van der Waals surface area (Å²) in [4.78, 5) is 0.217. The molecule has 21 heavy (non-hydrogen) atoms. The maximum atomic E-state index is 12.4. The van der Waals surface area contributed by atoms with Crippen LogP contribution in [-0.4, -0.2) is 25.7 Å². The summed E-state index contributed by atoms with van der Waals surface area (Å²) in [6.45, 7) is 2.32. The number of hydrogen-bond donors (Lipinski definition) is 3. The van der Waals surface area contributed by atoms with E-state index in [-0.39, 0.29) is 11.4 Å². The highest BCUT2D eigenvalue weighted by atomic mass is 79.9. The van der Waals surface area contributed by atoms with E-state index in [1.54, 1.807) is 14.0 Å². The van der Waals surface area contributed by atoms with E-state index in [2.05, 4.69) is 36.2 Å². The van der Waals surface area contributed by atoms with E-state index in [0.717, 1.165) is 10.0 Å². The molecule has 8 heteroatoms. The van der Waals surface area contributed by atoms with Crippen LogP contribution in [0.1, 0.15) is 17.0 Å². The predicted octanol–water partition coefficient (Wildman–Crippen LogP) is 1.68. The minimum atomic E-state index is -3.60. The average molecular weight is 373 g/mol. The van der Waals surface area contributed by atoms with Gasteiger partial charge in [0.15, 0.2) is 0 Å². The lowest BCUT2D eigenvalue weighted by Gasteiger charge is -2.08. The van der Waals surface area contributed by atoms with Crippen LogP contribution in [0.5, 0.6) is 0 Å². The molecular weight excluding hydrogens is 356 g/mol. The van der Waals surface area contributed by atoms with Gasteiger partial charge in [0, 0.05) is 17.6 Å². The van der Waals surface area contributed by atoms with Gasteiger partial charge in [0.1, 0.15) is 4.90 Å². The molecule has 0 amide bonds. The van der Waals surface area contributed by atoms with E-state index >= 15 is 0 Å². The maximum Gasteiger partial charge on any atom is 0.244 e. The van der Waals surface area contributed by atoms with Crippen molar-refractivity contribution in [1.29, 1.82) is 0 Å². The number of aryl methyl sites for hydroxylation is 1. The number of nitrogens with one attached hydrogen (secondary N) is 3. The molecule has 0 fully saturated rings. The Morgan fingerprint density at radius 1 is 1.24 bits per heavy atom. The van der Waals surface area contributed by atoms with E-state index in [1.165, 1.54) is 0 Å². The number of benzene rings is 1. The zero-order chi connectivity index (χ0) is 15.5. The molecule has 0 aliphatic rings. The van der Waals surface area contributed by atoms with Gasteiger partial charge in [-0.15, -0.1) is 0 Å². The molecule has 114 valence electrons. The number of aromatic nitrogens is 2. The number of aromatic amines is 1. The minimum Gasteiger partial charge on any atom is -0.314 e. The van der Waals surface area contributed by atoms with E-state index in [9.17, 15) is 8.42 Å². The predicted molar refractivity (Wildman–Crippen MR) is 84.3 cm³/mol. The lowest BCUT2D eigenvalue weighted by molar-refractivity contribution is 0.578. The van der Waals surface area contributed by atoms with Crippen molar-refractivity contribution in [2.45, 2.75) is 24.9 Å². The summed E-state index contributed by atoms with van der Waals surface area (Å²) in [7, 11) is -1.86. The number of nitrogens with zero attached hydrogens (tertiary/aromatic N) is 1. The number of sulfonamides is 1. The Kier molecular flexibility index (Phi) is 5.15. The van der Waals surface area contributed by atoms with Gasteiger partial charge in [0.2, 0.25) is 10.0 Å². The fraction of sp³-hybridized carbons (Fsp3) is 0.308. The second-order valence-electron chi connectivity index (χ2n) is 4.61. The van der Waals surface area contributed by atoms with Crippen LogP contribution in [0, 0.1) is 6.92 Å². The van der Waals surface area contributed by atoms with Crippen LogP contribution in [0.15, 0.2) is 33.6 Å². The van der Waals surface area contributed by atoms with Gasteiger partial charge in [0.25, 0.3) is 0 Å². The molecule has 0 atom stereocenters. The lowest BCUT2D eigenvalue weighted by atomic mass is 10.2. The molecule has 0 aliphatic heterocycles. The second kappa shape index (κ2) is 6.69. The zero-order valence-corrected chi connectivity index (χ0v) is 14.2. The summed E-state index contributed by atoms with van der Waals surface area (Å²) in [5, 5.41) is 9.65. The zero-order valence-electron chi connectivity index (χ0n) is 11.8. The molecule has 0 aliphatic carbocycles. The molecule has 0 unspecified atom stereocenters. The monoisotopic (exact) mass is 372 g/mol. The molecule has 0 saturated heterocycles. The molecule has 3 N–H and O–H groups in total. The number of H-pyrrole nitrogens is 1. The molecule has 0 spiro atoms. The molecule has 1 heterocycles. The third-order valence-corrected chi connectivity index (χ3v) is 5.09. The quantitative estimate of drug-likeness (QED) is 0.719. The molecule has 1 aromatic carbocycles. The van der Waals surface area contributed by atoms with Crippen molar-refractivity contribution < 1.29 is 8.42 Å². The first-order valence-electron chi connectivity index (χ1n) is 6.36. The summed E-state index contributed by atoms with van der Waals surface area (Å²) in [6.07, 6.45) is 0. The number of halogens is 1. The molecule has 0 saturated carbocycles. The van der Waals surface area contributed by atoms with Crippen molar-refractivity contribution >= 4 is 26.0 Å².